The monoisotopic (exact) mass is 288 g/mol. The zero-order chi connectivity index (χ0) is 15.4. The van der Waals surface area contributed by atoms with Crippen LogP contribution in [0.15, 0.2) is 36.4 Å². The number of hydrogen-bond donors (Lipinski definition) is 2. The molecule has 6 heteroatoms. The van der Waals surface area contributed by atoms with Gasteiger partial charge in [-0.15, -0.1) is 0 Å². The molecule has 0 radical (unpaired) electrons. The van der Waals surface area contributed by atoms with Crippen LogP contribution >= 0.6 is 0 Å². The van der Waals surface area contributed by atoms with Crippen molar-refractivity contribution in [2.75, 3.05) is 5.32 Å². The molecule has 0 heterocycles. The molecule has 2 rings (SSSR count). The molecule has 106 valence electrons. The van der Waals surface area contributed by atoms with Gasteiger partial charge in [0.1, 0.15) is 11.6 Å². The second kappa shape index (κ2) is 6.01. The summed E-state index contributed by atoms with van der Waals surface area (Å²) in [6.45, 7) is -0.160. The Morgan fingerprint density at radius 3 is 2.48 bits per heavy atom. The van der Waals surface area contributed by atoms with Gasteiger partial charge in [0.05, 0.1) is 17.2 Å². The minimum atomic E-state index is -1.09. The fourth-order valence-corrected chi connectivity index (χ4v) is 1.79. The second-order valence-corrected chi connectivity index (χ2v) is 4.27. The van der Waals surface area contributed by atoms with Crippen LogP contribution in [0.3, 0.4) is 0 Å². The smallest absolute Gasteiger partial charge is 0.335 e. The van der Waals surface area contributed by atoms with Crippen LogP contribution in [0.5, 0.6) is 0 Å². The standard InChI is InChI=1S/C15H10F2N2O2/c16-13-4-9(7-18)5-14(17)12(13)8-19-11-3-1-2-10(6-11)15(20)21/h1-6,19H,8H2,(H,20,21). The molecule has 0 unspecified atom stereocenters. The third-order valence-electron chi connectivity index (χ3n) is 2.85. The van der Waals surface area contributed by atoms with Gasteiger partial charge in [0, 0.05) is 17.8 Å². The summed E-state index contributed by atoms with van der Waals surface area (Å²) in [7, 11) is 0. The van der Waals surface area contributed by atoms with Gasteiger partial charge in [0.25, 0.3) is 0 Å². The molecule has 0 spiro atoms. The van der Waals surface area contributed by atoms with Gasteiger partial charge in [-0.2, -0.15) is 5.26 Å². The average Bonchev–Trinajstić information content (AvgIpc) is 2.46. The summed E-state index contributed by atoms with van der Waals surface area (Å²) in [6.07, 6.45) is 0. The van der Waals surface area contributed by atoms with Gasteiger partial charge in [-0.3, -0.25) is 0 Å². The summed E-state index contributed by atoms with van der Waals surface area (Å²) in [6, 6.07) is 9.46. The van der Waals surface area contributed by atoms with E-state index in [1.165, 1.54) is 18.2 Å². The number of carboxylic acid groups (broad SMARTS) is 1. The first-order valence-electron chi connectivity index (χ1n) is 5.96. The summed E-state index contributed by atoms with van der Waals surface area (Å²) in [5.74, 6) is -2.74. The SMILES string of the molecule is N#Cc1cc(F)c(CNc2cccc(C(=O)O)c2)c(F)c1. The fraction of sp³-hybridized carbons (Fsp3) is 0.0667. The Balaban J connectivity index is 2.19. The van der Waals surface area contributed by atoms with Crippen LogP contribution in [0.2, 0.25) is 0 Å². The van der Waals surface area contributed by atoms with Crippen molar-refractivity contribution in [1.82, 2.24) is 0 Å². The average molecular weight is 288 g/mol. The van der Waals surface area contributed by atoms with Gasteiger partial charge in [0.2, 0.25) is 0 Å². The molecule has 0 aromatic heterocycles. The number of nitrogens with zero attached hydrogens (tertiary/aromatic N) is 1. The number of carboxylic acids is 1. The predicted octanol–water partition coefficient (Wildman–Crippen LogP) is 3.15. The van der Waals surface area contributed by atoms with Crippen molar-refractivity contribution in [3.8, 4) is 6.07 Å². The third kappa shape index (κ3) is 3.34. The summed E-state index contributed by atoms with van der Waals surface area (Å²) in [4.78, 5) is 10.8. The van der Waals surface area contributed by atoms with Gasteiger partial charge in [-0.1, -0.05) is 6.07 Å². The van der Waals surface area contributed by atoms with E-state index in [0.29, 0.717) is 5.69 Å². The van der Waals surface area contributed by atoms with E-state index in [1.54, 1.807) is 12.1 Å². The number of rotatable bonds is 4. The normalized spacial score (nSPS) is 9.95. The van der Waals surface area contributed by atoms with Gasteiger partial charge in [-0.05, 0) is 30.3 Å². The number of aromatic carboxylic acids is 1. The molecule has 0 amide bonds. The Morgan fingerprint density at radius 2 is 1.90 bits per heavy atom. The largest absolute Gasteiger partial charge is 0.478 e. The summed E-state index contributed by atoms with van der Waals surface area (Å²) in [5.41, 5.74) is 0.190. The lowest BCUT2D eigenvalue weighted by atomic mass is 10.1. The molecule has 0 bridgehead atoms. The number of anilines is 1. The Labute approximate surface area is 119 Å². The first-order chi connectivity index (χ1) is 10.0. The van der Waals surface area contributed by atoms with Crippen LogP contribution in [-0.4, -0.2) is 11.1 Å². The lowest BCUT2D eigenvalue weighted by Crippen LogP contribution is -2.06. The van der Waals surface area contributed by atoms with Crippen molar-refractivity contribution in [2.24, 2.45) is 0 Å². The van der Waals surface area contributed by atoms with E-state index in [4.69, 9.17) is 10.4 Å². The molecular formula is C15H10F2N2O2. The van der Waals surface area contributed by atoms with Crippen molar-refractivity contribution in [3.63, 3.8) is 0 Å². The molecule has 21 heavy (non-hydrogen) atoms. The molecule has 2 N–H and O–H groups in total. The highest BCUT2D eigenvalue weighted by Crippen LogP contribution is 2.18. The van der Waals surface area contributed by atoms with Gasteiger partial charge in [0.15, 0.2) is 0 Å². The number of nitrogens with one attached hydrogen (secondary N) is 1. The van der Waals surface area contributed by atoms with Gasteiger partial charge in [-0.25, -0.2) is 13.6 Å². The molecule has 0 aliphatic heterocycles. The first-order valence-corrected chi connectivity index (χ1v) is 5.96. The van der Waals surface area contributed by atoms with Crippen LogP contribution in [-0.2, 0) is 6.54 Å². The summed E-state index contributed by atoms with van der Waals surface area (Å²) < 4.78 is 27.4. The molecular weight excluding hydrogens is 278 g/mol. The Bertz CT molecular complexity index is 716. The molecule has 0 fully saturated rings. The van der Waals surface area contributed by atoms with Crippen LogP contribution < -0.4 is 5.32 Å². The second-order valence-electron chi connectivity index (χ2n) is 4.27. The zero-order valence-corrected chi connectivity index (χ0v) is 10.7. The van der Waals surface area contributed by atoms with Crippen molar-refractivity contribution in [2.45, 2.75) is 6.54 Å². The molecule has 2 aromatic carbocycles. The molecule has 0 aliphatic rings. The molecule has 2 aromatic rings. The quantitative estimate of drug-likeness (QED) is 0.906. The van der Waals surface area contributed by atoms with E-state index in [-0.39, 0.29) is 23.2 Å². The van der Waals surface area contributed by atoms with Crippen LogP contribution in [0.25, 0.3) is 0 Å². The fourth-order valence-electron chi connectivity index (χ4n) is 1.79. The Kier molecular flexibility index (Phi) is 4.14. The Hall–Kier alpha value is -2.94. The molecule has 4 nitrogen and oxygen atoms in total. The number of benzene rings is 2. The van der Waals surface area contributed by atoms with E-state index >= 15 is 0 Å². The highest BCUT2D eigenvalue weighted by molar-refractivity contribution is 5.88. The maximum Gasteiger partial charge on any atom is 0.335 e. The van der Waals surface area contributed by atoms with Crippen molar-refractivity contribution >= 4 is 11.7 Å². The molecule has 0 saturated carbocycles. The predicted molar refractivity (Wildman–Crippen MR) is 71.8 cm³/mol. The minimum Gasteiger partial charge on any atom is -0.478 e. The van der Waals surface area contributed by atoms with Gasteiger partial charge < -0.3 is 10.4 Å². The Morgan fingerprint density at radius 1 is 1.24 bits per heavy atom. The van der Waals surface area contributed by atoms with Crippen LogP contribution in [0.1, 0.15) is 21.5 Å². The first kappa shape index (κ1) is 14.5. The third-order valence-corrected chi connectivity index (χ3v) is 2.85. The maximum absolute atomic E-state index is 13.7. The highest BCUT2D eigenvalue weighted by atomic mass is 19.1. The van der Waals surface area contributed by atoms with E-state index in [1.807, 2.05) is 0 Å². The van der Waals surface area contributed by atoms with Crippen molar-refractivity contribution < 1.29 is 18.7 Å². The lowest BCUT2D eigenvalue weighted by Gasteiger charge is -2.09. The highest BCUT2D eigenvalue weighted by Gasteiger charge is 2.11. The molecule has 0 aliphatic carbocycles. The number of halogens is 2. The number of nitriles is 1. The van der Waals surface area contributed by atoms with Crippen LogP contribution in [0.4, 0.5) is 14.5 Å². The molecule has 0 atom stereocenters. The van der Waals surface area contributed by atoms with E-state index in [2.05, 4.69) is 5.32 Å². The lowest BCUT2D eigenvalue weighted by molar-refractivity contribution is 0.0697. The maximum atomic E-state index is 13.7. The molecule has 0 saturated heterocycles. The van der Waals surface area contributed by atoms with E-state index in [9.17, 15) is 13.6 Å². The van der Waals surface area contributed by atoms with E-state index in [0.717, 1.165) is 12.1 Å². The topological polar surface area (TPSA) is 73.1 Å². The van der Waals surface area contributed by atoms with Crippen molar-refractivity contribution in [3.05, 3.63) is 64.7 Å². The van der Waals surface area contributed by atoms with Crippen LogP contribution in [0, 0.1) is 23.0 Å². The van der Waals surface area contributed by atoms with E-state index < -0.39 is 17.6 Å². The number of carbonyl (C=O) groups is 1. The zero-order valence-electron chi connectivity index (χ0n) is 10.7. The number of hydrogen-bond acceptors (Lipinski definition) is 3. The summed E-state index contributed by atoms with van der Waals surface area (Å²) in [5, 5.41) is 20.2. The van der Waals surface area contributed by atoms with Crippen molar-refractivity contribution in [1.29, 1.82) is 5.26 Å². The minimum absolute atomic E-state index is 0.0702. The summed E-state index contributed by atoms with van der Waals surface area (Å²) >= 11 is 0. The van der Waals surface area contributed by atoms with Gasteiger partial charge >= 0.3 is 5.97 Å².